The lowest BCUT2D eigenvalue weighted by molar-refractivity contribution is -0.144. The highest BCUT2D eigenvalue weighted by Gasteiger charge is 2.12. The molecule has 0 unspecified atom stereocenters. The molecule has 0 fully saturated rings. The van der Waals surface area contributed by atoms with Gasteiger partial charge in [0.2, 0.25) is 0 Å². The first-order valence-corrected chi connectivity index (χ1v) is 9.23. The molecule has 2 aromatic carbocycles. The summed E-state index contributed by atoms with van der Waals surface area (Å²) in [7, 11) is 0. The van der Waals surface area contributed by atoms with E-state index in [1.807, 2.05) is 60.0 Å². The third-order valence-corrected chi connectivity index (χ3v) is 4.88. The van der Waals surface area contributed by atoms with Gasteiger partial charge in [-0.2, -0.15) is 0 Å². The Bertz CT molecular complexity index is 1100. The van der Waals surface area contributed by atoms with E-state index in [0.717, 1.165) is 21.5 Å². The van der Waals surface area contributed by atoms with Crippen LogP contribution in [0.25, 0.3) is 21.5 Å². The lowest BCUT2D eigenvalue weighted by Gasteiger charge is -2.06. The Hall–Kier alpha value is -3.32. The Morgan fingerprint density at radius 3 is 2.63 bits per heavy atom. The van der Waals surface area contributed by atoms with Crippen molar-refractivity contribution in [3.8, 4) is 10.6 Å². The maximum Gasteiger partial charge on any atom is 0.312 e. The Kier molecular flexibility index (Phi) is 4.76. The van der Waals surface area contributed by atoms with Gasteiger partial charge in [-0.25, -0.2) is 15.0 Å². The number of nitrogens with zero attached hydrogens (tertiary/aromatic N) is 3. The Labute approximate surface area is 159 Å². The number of rotatable bonds is 5. The summed E-state index contributed by atoms with van der Waals surface area (Å²) in [4.78, 5) is 25.2. The summed E-state index contributed by atoms with van der Waals surface area (Å²) >= 11 is 1.50. The Morgan fingerprint density at radius 2 is 1.78 bits per heavy atom. The largest absolute Gasteiger partial charge is 0.457 e. The van der Waals surface area contributed by atoms with Crippen LogP contribution in [0, 0.1) is 0 Å². The van der Waals surface area contributed by atoms with Crippen molar-refractivity contribution in [2.24, 2.45) is 0 Å². The van der Waals surface area contributed by atoms with Gasteiger partial charge in [0.15, 0.2) is 12.4 Å². The Morgan fingerprint density at radius 1 is 1.00 bits per heavy atom. The molecule has 0 saturated carbocycles. The van der Waals surface area contributed by atoms with Gasteiger partial charge in [0.1, 0.15) is 10.8 Å². The van der Waals surface area contributed by atoms with Crippen LogP contribution in [0.5, 0.6) is 0 Å². The molecule has 0 atom stereocenters. The number of fused-ring (bicyclic) bond motifs is 1. The van der Waals surface area contributed by atoms with Crippen molar-refractivity contribution in [2.45, 2.75) is 13.0 Å². The number of carbonyl (C=O) groups excluding carboxylic acids is 1. The topological polar surface area (TPSA) is 91.0 Å². The third-order valence-electron chi connectivity index (χ3n) is 3.94. The van der Waals surface area contributed by atoms with Crippen LogP contribution in [0.1, 0.15) is 11.5 Å². The van der Waals surface area contributed by atoms with Gasteiger partial charge in [-0.1, -0.05) is 42.5 Å². The van der Waals surface area contributed by atoms with E-state index in [1.165, 1.54) is 11.3 Å². The number of benzene rings is 2. The van der Waals surface area contributed by atoms with E-state index in [9.17, 15) is 4.79 Å². The molecule has 0 amide bonds. The van der Waals surface area contributed by atoms with Gasteiger partial charge in [-0.05, 0) is 12.1 Å². The van der Waals surface area contributed by atoms with Crippen molar-refractivity contribution in [3.05, 3.63) is 71.5 Å². The average Bonchev–Trinajstić information content (AvgIpc) is 3.16. The molecular weight excluding hydrogens is 360 g/mol. The summed E-state index contributed by atoms with van der Waals surface area (Å²) in [5.74, 6) is 0.372. The van der Waals surface area contributed by atoms with Crippen molar-refractivity contribution < 1.29 is 9.53 Å². The molecule has 27 heavy (non-hydrogen) atoms. The molecule has 2 N–H and O–H groups in total. The van der Waals surface area contributed by atoms with E-state index in [2.05, 4.69) is 15.0 Å². The molecule has 0 aliphatic rings. The van der Waals surface area contributed by atoms with Gasteiger partial charge in [-0.3, -0.25) is 4.79 Å². The zero-order chi connectivity index (χ0) is 18.6. The maximum atomic E-state index is 12.1. The molecule has 0 radical (unpaired) electrons. The fraction of sp³-hybridized carbons (Fsp3) is 0.100. The summed E-state index contributed by atoms with van der Waals surface area (Å²) in [6.07, 6.45) is 0.104. The summed E-state index contributed by atoms with van der Waals surface area (Å²) < 4.78 is 5.30. The summed E-state index contributed by atoms with van der Waals surface area (Å²) in [5.41, 5.74) is 8.38. The fourth-order valence-electron chi connectivity index (χ4n) is 2.66. The zero-order valence-electron chi connectivity index (χ0n) is 14.3. The molecule has 7 heteroatoms. The summed E-state index contributed by atoms with van der Waals surface area (Å²) in [6.45, 7) is -0.0243. The summed E-state index contributed by atoms with van der Waals surface area (Å²) in [6, 6.07) is 17.3. The second kappa shape index (κ2) is 7.51. The first-order chi connectivity index (χ1) is 13.2. The van der Waals surface area contributed by atoms with Gasteiger partial charge in [0, 0.05) is 16.3 Å². The molecule has 2 aromatic heterocycles. The number of hydrogen-bond donors (Lipinski definition) is 1. The lowest BCUT2D eigenvalue weighted by atomic mass is 10.2. The predicted octanol–water partition coefficient (Wildman–Crippen LogP) is 3.62. The van der Waals surface area contributed by atoms with E-state index < -0.39 is 0 Å². The highest BCUT2D eigenvalue weighted by atomic mass is 32.1. The highest BCUT2D eigenvalue weighted by molar-refractivity contribution is 7.13. The molecule has 0 spiro atoms. The SMILES string of the molecule is Nc1nc(COC(=O)Cc2csc(-c3ccccc3)n2)nc2ccccc12. The number of aromatic nitrogens is 3. The fourth-order valence-corrected chi connectivity index (χ4v) is 3.49. The monoisotopic (exact) mass is 376 g/mol. The van der Waals surface area contributed by atoms with Crippen molar-refractivity contribution in [3.63, 3.8) is 0 Å². The van der Waals surface area contributed by atoms with Gasteiger partial charge in [0.25, 0.3) is 0 Å². The van der Waals surface area contributed by atoms with Crippen LogP contribution in [0.15, 0.2) is 60.0 Å². The molecule has 4 rings (SSSR count). The van der Waals surface area contributed by atoms with Crippen molar-refractivity contribution >= 4 is 34.0 Å². The molecule has 0 saturated heterocycles. The van der Waals surface area contributed by atoms with E-state index in [1.54, 1.807) is 0 Å². The van der Waals surface area contributed by atoms with E-state index >= 15 is 0 Å². The van der Waals surface area contributed by atoms with Gasteiger partial charge in [0.05, 0.1) is 17.6 Å². The number of anilines is 1. The molecule has 0 bridgehead atoms. The van der Waals surface area contributed by atoms with Crippen LogP contribution in [-0.2, 0) is 22.6 Å². The average molecular weight is 376 g/mol. The van der Waals surface area contributed by atoms with E-state index in [0.29, 0.717) is 17.3 Å². The van der Waals surface area contributed by atoms with E-state index in [-0.39, 0.29) is 19.0 Å². The second-order valence-electron chi connectivity index (χ2n) is 5.89. The molecular formula is C20H16N4O2S. The zero-order valence-corrected chi connectivity index (χ0v) is 15.1. The van der Waals surface area contributed by atoms with Crippen molar-refractivity contribution in [2.75, 3.05) is 5.73 Å². The first-order valence-electron chi connectivity index (χ1n) is 8.35. The molecule has 134 valence electrons. The van der Waals surface area contributed by atoms with Gasteiger partial charge in [-0.15, -0.1) is 11.3 Å². The van der Waals surface area contributed by atoms with Crippen LogP contribution in [0.4, 0.5) is 5.82 Å². The number of para-hydroxylation sites is 1. The number of nitrogens with two attached hydrogens (primary N) is 1. The number of hydrogen-bond acceptors (Lipinski definition) is 7. The van der Waals surface area contributed by atoms with Crippen LogP contribution < -0.4 is 5.73 Å². The highest BCUT2D eigenvalue weighted by Crippen LogP contribution is 2.23. The summed E-state index contributed by atoms with van der Waals surface area (Å²) in [5, 5.41) is 3.53. The number of nitrogen functional groups attached to an aromatic ring is 1. The smallest absolute Gasteiger partial charge is 0.312 e. The molecule has 0 aliphatic carbocycles. The minimum atomic E-state index is -0.379. The molecule has 6 nitrogen and oxygen atoms in total. The van der Waals surface area contributed by atoms with Crippen LogP contribution in [0.2, 0.25) is 0 Å². The number of ether oxygens (including phenoxy) is 1. The minimum Gasteiger partial charge on any atom is -0.457 e. The second-order valence-corrected chi connectivity index (χ2v) is 6.75. The maximum absolute atomic E-state index is 12.1. The minimum absolute atomic E-state index is 0.0243. The lowest BCUT2D eigenvalue weighted by Crippen LogP contribution is -2.10. The Balaban J connectivity index is 1.40. The van der Waals surface area contributed by atoms with Gasteiger partial charge < -0.3 is 10.5 Å². The van der Waals surface area contributed by atoms with E-state index in [4.69, 9.17) is 10.5 Å². The van der Waals surface area contributed by atoms with Crippen molar-refractivity contribution in [1.82, 2.24) is 15.0 Å². The number of carbonyl (C=O) groups is 1. The normalized spacial score (nSPS) is 10.8. The van der Waals surface area contributed by atoms with Crippen LogP contribution in [-0.4, -0.2) is 20.9 Å². The van der Waals surface area contributed by atoms with Crippen LogP contribution in [0.3, 0.4) is 0 Å². The quantitative estimate of drug-likeness (QED) is 0.535. The van der Waals surface area contributed by atoms with Gasteiger partial charge >= 0.3 is 5.97 Å². The predicted molar refractivity (Wildman–Crippen MR) is 105 cm³/mol. The molecule has 4 aromatic rings. The first kappa shape index (κ1) is 17.1. The van der Waals surface area contributed by atoms with Crippen LogP contribution >= 0.6 is 11.3 Å². The van der Waals surface area contributed by atoms with Crippen molar-refractivity contribution in [1.29, 1.82) is 0 Å². The molecule has 0 aliphatic heterocycles. The third kappa shape index (κ3) is 3.93. The number of thiazole rings is 1. The standard InChI is InChI=1S/C20H16N4O2S/c21-19-15-8-4-5-9-16(15)23-17(24-19)11-26-18(25)10-14-12-27-20(22-14)13-6-2-1-3-7-13/h1-9,12H,10-11H2,(H2,21,23,24). The number of esters is 1. The molecule has 2 heterocycles.